The van der Waals surface area contributed by atoms with E-state index < -0.39 is 36.7 Å². The van der Waals surface area contributed by atoms with Crippen molar-refractivity contribution >= 4 is 17.1 Å². The second kappa shape index (κ2) is 5.21. The molecule has 4 unspecified atom stereocenters. The number of fused-ring (bicyclic) bond motifs is 1. The molecule has 0 radical (unpaired) electrons. The van der Waals surface area contributed by atoms with Gasteiger partial charge in [0.05, 0.1) is 12.9 Å². The molecule has 0 saturated carbocycles. The number of aliphatic hydroxyl groups is 3. The molecule has 11 heteroatoms. The molecule has 0 aromatic carbocycles. The first-order valence-corrected chi connectivity index (χ1v) is 6.41. The largest absolute Gasteiger partial charge is 0.412 e. The fraction of sp³-hybridized carbons (Fsp3) is 0.545. The number of nitrogens with two attached hydrogens (primary N) is 1. The Balaban J connectivity index is 2.18. The predicted octanol–water partition coefficient (Wildman–Crippen LogP) is -3.15. The highest BCUT2D eigenvalue weighted by Crippen LogP contribution is 2.31. The molecule has 0 bridgehead atoms. The Bertz CT molecular complexity index is 757. The molecule has 1 aliphatic rings. The minimum absolute atomic E-state index is 0.0335. The quantitative estimate of drug-likeness (QED) is 0.459. The van der Waals surface area contributed by atoms with Crippen molar-refractivity contribution in [1.82, 2.24) is 19.3 Å². The maximum atomic E-state index is 11.8. The fourth-order valence-corrected chi connectivity index (χ4v) is 2.49. The van der Waals surface area contributed by atoms with Crippen molar-refractivity contribution in [2.75, 3.05) is 19.5 Å². The molecule has 2 aromatic heterocycles. The molecular weight excluding hydrogens is 298 g/mol. The van der Waals surface area contributed by atoms with E-state index in [1.54, 1.807) is 0 Å². The summed E-state index contributed by atoms with van der Waals surface area (Å²) in [5.41, 5.74) is 5.06. The zero-order valence-electron chi connectivity index (χ0n) is 11.5. The van der Waals surface area contributed by atoms with E-state index in [-0.39, 0.29) is 17.1 Å². The van der Waals surface area contributed by atoms with Gasteiger partial charge in [-0.1, -0.05) is 0 Å². The maximum Gasteiger partial charge on any atom is 0.302 e. The summed E-state index contributed by atoms with van der Waals surface area (Å²) in [5.74, 6) is -0.200. The smallest absolute Gasteiger partial charge is 0.302 e. The molecule has 0 aliphatic carbocycles. The maximum absolute atomic E-state index is 11.8. The Morgan fingerprint density at radius 1 is 1.45 bits per heavy atom. The van der Waals surface area contributed by atoms with Crippen LogP contribution in [0.15, 0.2) is 11.1 Å². The number of nitrogen functional groups attached to an aromatic ring is 1. The summed E-state index contributed by atoms with van der Waals surface area (Å²) in [5, 5.41) is 29.1. The lowest BCUT2D eigenvalue weighted by Gasteiger charge is -2.18. The van der Waals surface area contributed by atoms with Crippen LogP contribution >= 0.6 is 0 Å². The number of rotatable bonds is 3. The van der Waals surface area contributed by atoms with Crippen molar-refractivity contribution in [2.45, 2.75) is 24.5 Å². The van der Waals surface area contributed by atoms with Crippen molar-refractivity contribution in [2.24, 2.45) is 0 Å². The van der Waals surface area contributed by atoms with Gasteiger partial charge in [0.2, 0.25) is 5.95 Å². The number of aromatic nitrogens is 4. The van der Waals surface area contributed by atoms with Gasteiger partial charge >= 0.3 is 5.56 Å². The molecule has 1 aliphatic heterocycles. The van der Waals surface area contributed by atoms with E-state index in [1.165, 1.54) is 18.0 Å². The van der Waals surface area contributed by atoms with Crippen molar-refractivity contribution in [1.29, 1.82) is 0 Å². The van der Waals surface area contributed by atoms with Crippen molar-refractivity contribution in [3.63, 3.8) is 0 Å². The lowest BCUT2D eigenvalue weighted by Crippen LogP contribution is -2.33. The summed E-state index contributed by atoms with van der Waals surface area (Å²) in [4.78, 5) is 24.4. The Morgan fingerprint density at radius 3 is 2.77 bits per heavy atom. The van der Waals surface area contributed by atoms with Gasteiger partial charge in [-0.05, 0) is 0 Å². The third kappa shape index (κ3) is 1.94. The molecule has 0 amide bonds. The zero-order chi connectivity index (χ0) is 16.0. The highest BCUT2D eigenvalue weighted by molar-refractivity contribution is 5.71. The molecular formula is C11H15N5O6. The van der Waals surface area contributed by atoms with E-state index in [2.05, 4.69) is 9.97 Å². The van der Waals surface area contributed by atoms with Gasteiger partial charge in [0, 0.05) is 0 Å². The topological polar surface area (TPSA) is 158 Å². The summed E-state index contributed by atoms with van der Waals surface area (Å²) in [6, 6.07) is 0. The lowest BCUT2D eigenvalue weighted by molar-refractivity contribution is -0.0520. The number of aliphatic hydroxyl groups excluding tert-OH is 3. The van der Waals surface area contributed by atoms with Crippen molar-refractivity contribution in [3.05, 3.63) is 16.7 Å². The van der Waals surface area contributed by atoms with Crippen LogP contribution in [0.4, 0.5) is 5.95 Å². The number of anilines is 1. The van der Waals surface area contributed by atoms with E-state index in [0.717, 1.165) is 4.73 Å². The number of ether oxygens (including phenoxy) is 1. The lowest BCUT2D eigenvalue weighted by atomic mass is 10.1. The van der Waals surface area contributed by atoms with Crippen LogP contribution in [-0.4, -0.2) is 66.6 Å². The summed E-state index contributed by atoms with van der Waals surface area (Å²) in [6.07, 6.45) is -3.40. The molecule has 3 rings (SSSR count). The van der Waals surface area contributed by atoms with Crippen LogP contribution in [0.5, 0.6) is 0 Å². The average molecular weight is 313 g/mol. The molecule has 22 heavy (non-hydrogen) atoms. The van der Waals surface area contributed by atoms with Gasteiger partial charge in [0.25, 0.3) is 0 Å². The summed E-state index contributed by atoms with van der Waals surface area (Å²) < 4.78 is 7.76. The fourth-order valence-electron chi connectivity index (χ4n) is 2.49. The van der Waals surface area contributed by atoms with Gasteiger partial charge in [-0.2, -0.15) is 4.98 Å². The Kier molecular flexibility index (Phi) is 3.48. The first-order chi connectivity index (χ1) is 10.5. The van der Waals surface area contributed by atoms with Crippen LogP contribution < -0.4 is 16.1 Å². The van der Waals surface area contributed by atoms with Gasteiger partial charge in [0.15, 0.2) is 17.4 Å². The van der Waals surface area contributed by atoms with E-state index in [9.17, 15) is 15.0 Å². The number of hydrogen-bond donors (Lipinski definition) is 4. The van der Waals surface area contributed by atoms with Gasteiger partial charge < -0.3 is 30.6 Å². The molecule has 5 N–H and O–H groups in total. The van der Waals surface area contributed by atoms with Crippen molar-refractivity contribution < 1.29 is 24.9 Å². The van der Waals surface area contributed by atoms with E-state index in [1.807, 2.05) is 0 Å². The van der Waals surface area contributed by atoms with Crippen LogP contribution in [0.25, 0.3) is 11.2 Å². The molecule has 120 valence electrons. The molecule has 11 nitrogen and oxygen atoms in total. The van der Waals surface area contributed by atoms with Gasteiger partial charge in [-0.3, -0.25) is 9.36 Å². The summed E-state index contributed by atoms with van der Waals surface area (Å²) >= 11 is 0. The molecule has 2 aromatic rings. The second-order valence-corrected chi connectivity index (χ2v) is 4.81. The number of hydrogen-bond acceptors (Lipinski definition) is 9. The van der Waals surface area contributed by atoms with E-state index in [0.29, 0.717) is 0 Å². The summed E-state index contributed by atoms with van der Waals surface area (Å²) in [7, 11) is 1.32. The third-order valence-corrected chi connectivity index (χ3v) is 3.56. The highest BCUT2D eigenvalue weighted by atomic mass is 16.6. The van der Waals surface area contributed by atoms with Gasteiger partial charge in [0.1, 0.15) is 25.4 Å². The number of nitrogens with zero attached hydrogens (tertiary/aromatic N) is 4. The van der Waals surface area contributed by atoms with Crippen LogP contribution in [0, 0.1) is 0 Å². The van der Waals surface area contributed by atoms with Crippen LogP contribution in [-0.2, 0) is 4.74 Å². The van der Waals surface area contributed by atoms with Crippen LogP contribution in [0.1, 0.15) is 6.23 Å². The minimum atomic E-state index is -1.33. The summed E-state index contributed by atoms with van der Waals surface area (Å²) in [6.45, 7) is -0.470. The minimum Gasteiger partial charge on any atom is -0.412 e. The van der Waals surface area contributed by atoms with Crippen molar-refractivity contribution in [3.8, 4) is 0 Å². The SMILES string of the molecule is COn1c(N)nc(=O)c2ncn(C3OC(CO)C(O)C3O)c21. The zero-order valence-corrected chi connectivity index (χ0v) is 11.5. The molecule has 0 spiro atoms. The van der Waals surface area contributed by atoms with Gasteiger partial charge in [-0.15, -0.1) is 4.73 Å². The molecule has 1 fully saturated rings. The Morgan fingerprint density at radius 2 is 2.18 bits per heavy atom. The van der Waals surface area contributed by atoms with Crippen LogP contribution in [0.3, 0.4) is 0 Å². The monoisotopic (exact) mass is 313 g/mol. The normalized spacial score (nSPS) is 28.4. The number of imidazole rings is 1. The van der Waals surface area contributed by atoms with Crippen LogP contribution in [0.2, 0.25) is 0 Å². The third-order valence-electron chi connectivity index (χ3n) is 3.56. The highest BCUT2D eigenvalue weighted by Gasteiger charge is 2.44. The molecule has 3 heterocycles. The first kappa shape index (κ1) is 14.7. The van der Waals surface area contributed by atoms with E-state index >= 15 is 0 Å². The second-order valence-electron chi connectivity index (χ2n) is 4.81. The average Bonchev–Trinajstić information content (AvgIpc) is 3.03. The Labute approximate surface area is 123 Å². The van der Waals surface area contributed by atoms with Gasteiger partial charge in [-0.25, -0.2) is 4.98 Å². The Hall–Kier alpha value is -2.21. The molecule has 1 saturated heterocycles. The standard InChI is InChI=1S/C11H15N5O6/c1-21-16-9-5(8(20)14-11(16)12)13-3-15(9)10-7(19)6(18)4(2-17)22-10/h3-4,6-7,10,17-19H,2H2,1H3,(H2,12,14,20). The predicted molar refractivity (Wildman–Crippen MR) is 71.7 cm³/mol. The molecule has 4 atom stereocenters. The first-order valence-electron chi connectivity index (χ1n) is 6.41. The van der Waals surface area contributed by atoms with E-state index in [4.69, 9.17) is 20.4 Å².